The van der Waals surface area contributed by atoms with E-state index in [0.717, 1.165) is 12.3 Å². The van der Waals surface area contributed by atoms with Gasteiger partial charge in [0.05, 0.1) is 17.4 Å². The zero-order chi connectivity index (χ0) is 22.6. The van der Waals surface area contributed by atoms with Crippen LogP contribution in [0.3, 0.4) is 0 Å². The number of anilines is 2. The number of alkyl halides is 6. The van der Waals surface area contributed by atoms with Crippen LogP contribution in [0.25, 0.3) is 0 Å². The number of pyridine rings is 1. The van der Waals surface area contributed by atoms with Crippen LogP contribution in [0.2, 0.25) is 0 Å². The fourth-order valence-electron chi connectivity index (χ4n) is 4.11. The number of nitrogens with zero attached hydrogens (tertiary/aromatic N) is 3. The van der Waals surface area contributed by atoms with Crippen LogP contribution in [-0.2, 0) is 11.0 Å². The molecule has 3 N–H and O–H groups in total. The predicted molar refractivity (Wildman–Crippen MR) is 95.4 cm³/mol. The smallest absolute Gasteiger partial charge is 0.382 e. The number of aliphatic hydroxyl groups excluding tert-OH is 1. The van der Waals surface area contributed by atoms with Crippen molar-refractivity contribution in [2.75, 3.05) is 23.3 Å². The van der Waals surface area contributed by atoms with Gasteiger partial charge in [0.2, 0.25) is 0 Å². The van der Waals surface area contributed by atoms with Crippen LogP contribution in [0.4, 0.5) is 37.8 Å². The molecule has 2 aliphatic rings. The van der Waals surface area contributed by atoms with E-state index in [2.05, 4.69) is 20.5 Å². The first-order chi connectivity index (χ1) is 14.5. The lowest BCUT2D eigenvalue weighted by atomic mass is 9.83. The predicted octanol–water partition coefficient (Wildman–Crippen LogP) is 3.17. The number of H-pyrrole nitrogens is 1. The molecule has 0 aromatic carbocycles. The largest absolute Gasteiger partial charge is 0.417 e. The van der Waals surface area contributed by atoms with E-state index >= 15 is 0 Å². The summed E-state index contributed by atoms with van der Waals surface area (Å²) >= 11 is 0. The summed E-state index contributed by atoms with van der Waals surface area (Å²) in [5, 5.41) is 18.4. The summed E-state index contributed by atoms with van der Waals surface area (Å²) in [7, 11) is 0. The van der Waals surface area contributed by atoms with E-state index in [-0.39, 0.29) is 35.9 Å². The van der Waals surface area contributed by atoms with Gasteiger partial charge in [-0.05, 0) is 18.9 Å². The quantitative estimate of drug-likeness (QED) is 0.613. The maximum Gasteiger partial charge on any atom is 0.417 e. The highest BCUT2D eigenvalue weighted by atomic mass is 19.4. The summed E-state index contributed by atoms with van der Waals surface area (Å²) in [5.41, 5.74) is -0.736. The Bertz CT molecular complexity index is 981. The summed E-state index contributed by atoms with van der Waals surface area (Å²) in [6.45, 7) is 0.570. The lowest BCUT2D eigenvalue weighted by Crippen LogP contribution is -2.44. The molecule has 2 aromatic heterocycles. The van der Waals surface area contributed by atoms with Crippen molar-refractivity contribution in [3.8, 4) is 0 Å². The Morgan fingerprint density at radius 1 is 1.10 bits per heavy atom. The summed E-state index contributed by atoms with van der Waals surface area (Å²) in [4.78, 5) is 17.0. The zero-order valence-electron chi connectivity index (χ0n) is 15.8. The molecule has 168 valence electrons. The molecule has 2 aromatic rings. The third-order valence-corrected chi connectivity index (χ3v) is 5.64. The van der Waals surface area contributed by atoms with E-state index in [4.69, 9.17) is 0 Å². The second-order valence-electron chi connectivity index (χ2n) is 7.54. The molecule has 0 spiro atoms. The number of fused-ring (bicyclic) bond motifs is 1. The number of piperidine rings is 1. The van der Waals surface area contributed by atoms with Gasteiger partial charge < -0.3 is 15.3 Å². The molecule has 2 atom stereocenters. The van der Waals surface area contributed by atoms with Crippen molar-refractivity contribution >= 4 is 17.4 Å². The Morgan fingerprint density at radius 3 is 2.39 bits per heavy atom. The van der Waals surface area contributed by atoms with Crippen molar-refractivity contribution in [2.24, 2.45) is 0 Å². The van der Waals surface area contributed by atoms with Crippen LogP contribution < -0.4 is 10.2 Å². The number of aliphatic hydroxyl groups is 1. The summed E-state index contributed by atoms with van der Waals surface area (Å²) in [6.07, 6.45) is -8.99. The summed E-state index contributed by atoms with van der Waals surface area (Å²) < 4.78 is 79.6. The Labute approximate surface area is 171 Å². The van der Waals surface area contributed by atoms with Crippen molar-refractivity contribution in [3.63, 3.8) is 0 Å². The molecule has 0 saturated carbocycles. The molecule has 31 heavy (non-hydrogen) atoms. The number of halogens is 6. The molecule has 2 aliphatic heterocycles. The second kappa shape index (κ2) is 7.39. The van der Waals surface area contributed by atoms with Crippen LogP contribution in [0.15, 0.2) is 18.5 Å². The Kier molecular flexibility index (Phi) is 5.10. The van der Waals surface area contributed by atoms with Crippen molar-refractivity contribution < 1.29 is 36.2 Å². The molecule has 0 radical (unpaired) electrons. The Balaban J connectivity index is 1.55. The van der Waals surface area contributed by atoms with E-state index in [1.165, 1.54) is 6.20 Å². The van der Waals surface area contributed by atoms with E-state index in [9.17, 15) is 36.2 Å². The minimum Gasteiger partial charge on any atom is -0.382 e. The van der Waals surface area contributed by atoms with Crippen molar-refractivity contribution in [2.45, 2.75) is 43.1 Å². The third kappa shape index (κ3) is 3.93. The van der Waals surface area contributed by atoms with Gasteiger partial charge in [-0.2, -0.15) is 31.4 Å². The lowest BCUT2D eigenvalue weighted by Gasteiger charge is -2.35. The number of amides is 1. The molecule has 1 amide bonds. The van der Waals surface area contributed by atoms with Crippen LogP contribution in [-0.4, -0.2) is 51.6 Å². The van der Waals surface area contributed by atoms with Crippen LogP contribution in [0, 0.1) is 0 Å². The minimum absolute atomic E-state index is 0.165. The molecule has 4 heterocycles. The molecule has 13 heteroatoms. The summed E-state index contributed by atoms with van der Waals surface area (Å²) in [5.74, 6) is -4.26. The molecule has 1 fully saturated rings. The number of aromatic nitrogens is 3. The van der Waals surface area contributed by atoms with Gasteiger partial charge in [-0.15, -0.1) is 0 Å². The first-order valence-corrected chi connectivity index (χ1v) is 9.38. The van der Waals surface area contributed by atoms with Gasteiger partial charge in [0, 0.05) is 36.5 Å². The van der Waals surface area contributed by atoms with Gasteiger partial charge in [0.1, 0.15) is 12.0 Å². The monoisotopic (exact) mass is 449 g/mol. The van der Waals surface area contributed by atoms with Crippen LogP contribution in [0.5, 0.6) is 0 Å². The number of carbonyl (C=O) groups is 1. The van der Waals surface area contributed by atoms with Gasteiger partial charge in [0.25, 0.3) is 5.91 Å². The van der Waals surface area contributed by atoms with Gasteiger partial charge >= 0.3 is 12.4 Å². The highest BCUT2D eigenvalue weighted by molar-refractivity contribution is 5.97. The van der Waals surface area contributed by atoms with E-state index in [1.807, 2.05) is 0 Å². The number of nitrogens with one attached hydrogen (secondary N) is 2. The molecular formula is C18H17F6N5O2. The maximum absolute atomic E-state index is 13.6. The number of rotatable bonds is 2. The number of hydrogen-bond acceptors (Lipinski definition) is 5. The second-order valence-corrected chi connectivity index (χ2v) is 7.54. The van der Waals surface area contributed by atoms with E-state index in [1.54, 1.807) is 4.90 Å². The fourth-order valence-corrected chi connectivity index (χ4v) is 4.11. The van der Waals surface area contributed by atoms with Gasteiger partial charge in [-0.1, -0.05) is 0 Å². The van der Waals surface area contributed by atoms with Crippen LogP contribution >= 0.6 is 0 Å². The normalized spacial score (nSPS) is 22.9. The highest BCUT2D eigenvalue weighted by Gasteiger charge is 2.53. The molecule has 0 aliphatic carbocycles. The molecule has 7 nitrogen and oxygen atoms in total. The third-order valence-electron chi connectivity index (χ3n) is 5.64. The van der Waals surface area contributed by atoms with E-state index in [0.29, 0.717) is 12.8 Å². The molecule has 0 unspecified atom stereocenters. The molecule has 4 rings (SSSR count). The molecule has 0 bridgehead atoms. The Hall–Kier alpha value is -2.83. The average Bonchev–Trinajstić information content (AvgIpc) is 3.10. The molecule has 1 saturated heterocycles. The van der Waals surface area contributed by atoms with Crippen molar-refractivity contribution in [1.29, 1.82) is 0 Å². The summed E-state index contributed by atoms with van der Waals surface area (Å²) in [6, 6.07) is 0.983. The van der Waals surface area contributed by atoms with E-state index < -0.39 is 41.8 Å². The number of carbonyl (C=O) groups excluding carboxylic acids is 1. The van der Waals surface area contributed by atoms with Gasteiger partial charge in [-0.3, -0.25) is 14.9 Å². The fraction of sp³-hybridized carbons (Fsp3) is 0.500. The lowest BCUT2D eigenvalue weighted by molar-refractivity contribution is -0.177. The maximum atomic E-state index is 13.6. The number of hydrogen-bond donors (Lipinski definition) is 3. The highest BCUT2D eigenvalue weighted by Crippen LogP contribution is 2.47. The number of aromatic amines is 1. The minimum atomic E-state index is -4.87. The SMILES string of the molecule is O=C1Nc2n[nH]c(C3CCN(c4cncc(C(F)(F)F)c4)CC3)c2[C@H](C(F)(F)F)[C@@H]1O. The topological polar surface area (TPSA) is 94.1 Å². The zero-order valence-corrected chi connectivity index (χ0v) is 15.8. The average molecular weight is 449 g/mol. The van der Waals surface area contributed by atoms with Crippen LogP contribution in [0.1, 0.15) is 41.5 Å². The van der Waals surface area contributed by atoms with Gasteiger partial charge in [-0.25, -0.2) is 0 Å². The van der Waals surface area contributed by atoms with Crippen molar-refractivity contribution in [1.82, 2.24) is 15.2 Å². The first kappa shape index (κ1) is 21.4. The Morgan fingerprint density at radius 2 is 1.77 bits per heavy atom. The van der Waals surface area contributed by atoms with Gasteiger partial charge in [0.15, 0.2) is 5.82 Å². The first-order valence-electron chi connectivity index (χ1n) is 9.38. The standard InChI is InChI=1S/C18H17F6N5O2/c19-17(20,21)9-5-10(7-25-6-9)29-3-1-8(2-4-29)13-11-12(18(22,23)24)14(30)16(31)26-15(11)28-27-13/h5-8,12,14,30H,1-4H2,(H2,26,27,28,31)/t12-,14-/m0/s1. The molecular weight excluding hydrogens is 432 g/mol. The van der Waals surface area contributed by atoms with Crippen molar-refractivity contribution in [3.05, 3.63) is 35.3 Å².